The van der Waals surface area contributed by atoms with E-state index in [4.69, 9.17) is 4.74 Å². The number of aliphatic hydroxyl groups is 1. The van der Waals surface area contributed by atoms with Gasteiger partial charge in [0.1, 0.15) is 5.75 Å². The second-order valence-corrected chi connectivity index (χ2v) is 6.69. The summed E-state index contributed by atoms with van der Waals surface area (Å²) >= 11 is 0. The van der Waals surface area contributed by atoms with Crippen molar-refractivity contribution in [2.24, 2.45) is 0 Å². The number of para-hydroxylation sites is 1. The number of aliphatic hydroxyl groups excluding tert-OH is 1. The minimum atomic E-state index is -0.258. The van der Waals surface area contributed by atoms with E-state index in [1.54, 1.807) is 0 Å². The number of carbonyl (C=O) groups is 1. The van der Waals surface area contributed by atoms with Gasteiger partial charge in [-0.25, -0.2) is 0 Å². The van der Waals surface area contributed by atoms with Crippen LogP contribution in [0.1, 0.15) is 24.4 Å². The average molecular weight is 317 g/mol. The van der Waals surface area contributed by atoms with Gasteiger partial charge in [-0.1, -0.05) is 18.2 Å². The molecule has 2 fully saturated rings. The summed E-state index contributed by atoms with van der Waals surface area (Å²) in [6, 6.07) is 8.04. The van der Waals surface area contributed by atoms with Crippen molar-refractivity contribution < 1.29 is 14.6 Å². The summed E-state index contributed by atoms with van der Waals surface area (Å²) < 4.78 is 5.65. The van der Waals surface area contributed by atoms with Gasteiger partial charge in [0.15, 0.2) is 0 Å². The van der Waals surface area contributed by atoms with Crippen LogP contribution in [0.5, 0.6) is 5.75 Å². The van der Waals surface area contributed by atoms with Crippen LogP contribution < -0.4 is 15.4 Å². The highest BCUT2D eigenvalue weighted by Gasteiger charge is 2.38. The molecule has 3 N–H and O–H groups in total. The molecule has 23 heavy (non-hydrogen) atoms. The molecule has 4 rings (SSSR count). The first-order chi connectivity index (χ1) is 11.2. The molecule has 124 valence electrons. The van der Waals surface area contributed by atoms with Gasteiger partial charge in [-0.3, -0.25) is 9.69 Å². The molecule has 0 spiro atoms. The summed E-state index contributed by atoms with van der Waals surface area (Å²) in [5, 5.41) is 16.3. The Bertz CT molecular complexity index is 594. The largest absolute Gasteiger partial charge is 0.493 e. The number of hydrogen-bond donors (Lipinski definition) is 3. The summed E-state index contributed by atoms with van der Waals surface area (Å²) in [6.45, 7) is 2.73. The number of nitrogens with zero attached hydrogens (tertiary/aromatic N) is 1. The predicted molar refractivity (Wildman–Crippen MR) is 85.2 cm³/mol. The maximum absolute atomic E-state index is 12.6. The highest BCUT2D eigenvalue weighted by atomic mass is 16.5. The number of hydrogen-bond acceptors (Lipinski definition) is 5. The van der Waals surface area contributed by atoms with Gasteiger partial charge in [-0.2, -0.15) is 0 Å². The normalized spacial score (nSPS) is 33.4. The molecule has 1 aromatic rings. The molecular weight excluding hydrogens is 294 g/mol. The summed E-state index contributed by atoms with van der Waals surface area (Å²) in [7, 11) is 0. The lowest BCUT2D eigenvalue weighted by Gasteiger charge is -2.36. The molecule has 0 aliphatic carbocycles. The SMILES string of the molecule is O=C(N[C@@H]1CCOc2ccccc21)[C@@H]1CN2C[C@H](O)C[C@@H]2CN1. The number of fused-ring (bicyclic) bond motifs is 2. The van der Waals surface area contributed by atoms with Gasteiger partial charge >= 0.3 is 0 Å². The molecule has 3 aliphatic heterocycles. The second-order valence-electron chi connectivity index (χ2n) is 6.69. The lowest BCUT2D eigenvalue weighted by molar-refractivity contribution is -0.125. The molecule has 0 radical (unpaired) electrons. The third kappa shape index (κ3) is 2.94. The fraction of sp³-hybridized carbons (Fsp3) is 0.588. The van der Waals surface area contributed by atoms with E-state index in [9.17, 15) is 9.90 Å². The maximum atomic E-state index is 12.6. The molecule has 6 heteroatoms. The van der Waals surface area contributed by atoms with E-state index in [0.717, 1.165) is 30.7 Å². The molecule has 1 amide bonds. The molecule has 0 bridgehead atoms. The van der Waals surface area contributed by atoms with E-state index in [1.165, 1.54) is 0 Å². The summed E-state index contributed by atoms with van der Waals surface area (Å²) in [4.78, 5) is 14.9. The smallest absolute Gasteiger partial charge is 0.238 e. The van der Waals surface area contributed by atoms with Gasteiger partial charge in [0, 0.05) is 37.7 Å². The van der Waals surface area contributed by atoms with E-state index < -0.39 is 0 Å². The quantitative estimate of drug-likeness (QED) is 0.718. The molecule has 0 aromatic heterocycles. The van der Waals surface area contributed by atoms with Crippen molar-refractivity contribution in [3.63, 3.8) is 0 Å². The Labute approximate surface area is 135 Å². The first kappa shape index (κ1) is 14.9. The number of ether oxygens (including phenoxy) is 1. The van der Waals surface area contributed by atoms with Gasteiger partial charge in [0.25, 0.3) is 0 Å². The van der Waals surface area contributed by atoms with Crippen molar-refractivity contribution in [3.05, 3.63) is 29.8 Å². The first-order valence-corrected chi connectivity index (χ1v) is 8.38. The number of amides is 1. The fourth-order valence-corrected chi connectivity index (χ4v) is 3.91. The third-order valence-electron chi connectivity index (χ3n) is 5.11. The monoisotopic (exact) mass is 317 g/mol. The molecule has 3 heterocycles. The zero-order valence-corrected chi connectivity index (χ0v) is 13.1. The van der Waals surface area contributed by atoms with Crippen molar-refractivity contribution in [1.29, 1.82) is 0 Å². The summed E-state index contributed by atoms with van der Waals surface area (Å²) in [5.41, 5.74) is 1.05. The van der Waals surface area contributed by atoms with E-state index in [0.29, 0.717) is 25.7 Å². The van der Waals surface area contributed by atoms with Crippen molar-refractivity contribution in [1.82, 2.24) is 15.5 Å². The van der Waals surface area contributed by atoms with Gasteiger partial charge in [0.05, 0.1) is 24.8 Å². The Balaban J connectivity index is 1.41. The van der Waals surface area contributed by atoms with Gasteiger partial charge < -0.3 is 20.5 Å². The van der Waals surface area contributed by atoms with Crippen LogP contribution in [-0.2, 0) is 4.79 Å². The minimum Gasteiger partial charge on any atom is -0.493 e. The van der Waals surface area contributed by atoms with E-state index in [-0.39, 0.29) is 24.1 Å². The highest BCUT2D eigenvalue weighted by Crippen LogP contribution is 2.31. The van der Waals surface area contributed by atoms with Crippen LogP contribution in [0.4, 0.5) is 0 Å². The van der Waals surface area contributed by atoms with Crippen LogP contribution in [0.25, 0.3) is 0 Å². The van der Waals surface area contributed by atoms with E-state index >= 15 is 0 Å². The topological polar surface area (TPSA) is 73.8 Å². The van der Waals surface area contributed by atoms with Crippen LogP contribution in [0, 0.1) is 0 Å². The van der Waals surface area contributed by atoms with Crippen LogP contribution in [-0.4, -0.2) is 60.3 Å². The Hall–Kier alpha value is -1.63. The molecule has 4 atom stereocenters. The number of nitrogens with one attached hydrogen (secondary N) is 2. The van der Waals surface area contributed by atoms with Gasteiger partial charge in [-0.15, -0.1) is 0 Å². The van der Waals surface area contributed by atoms with Gasteiger partial charge in [0.2, 0.25) is 5.91 Å². The number of benzene rings is 1. The van der Waals surface area contributed by atoms with Crippen LogP contribution in [0.2, 0.25) is 0 Å². The Morgan fingerprint density at radius 3 is 3.13 bits per heavy atom. The highest BCUT2D eigenvalue weighted by molar-refractivity contribution is 5.82. The molecule has 1 aromatic carbocycles. The molecular formula is C17H23N3O3. The maximum Gasteiger partial charge on any atom is 0.238 e. The molecule has 2 saturated heterocycles. The third-order valence-corrected chi connectivity index (χ3v) is 5.11. The van der Waals surface area contributed by atoms with Crippen LogP contribution >= 0.6 is 0 Å². The zero-order chi connectivity index (χ0) is 15.8. The molecule has 0 unspecified atom stereocenters. The fourth-order valence-electron chi connectivity index (χ4n) is 3.91. The standard InChI is InChI=1S/C17H23N3O3/c21-12-7-11-8-18-15(10-20(11)9-12)17(22)19-14-5-6-23-16-4-2-1-3-13(14)16/h1-4,11-12,14-15,18,21H,5-10H2,(H,19,22)/t11-,12-,14-,15+/m1/s1. The molecule has 6 nitrogen and oxygen atoms in total. The van der Waals surface area contributed by atoms with Crippen LogP contribution in [0.15, 0.2) is 24.3 Å². The number of rotatable bonds is 2. The Kier molecular flexibility index (Phi) is 3.97. The van der Waals surface area contributed by atoms with Gasteiger partial charge in [-0.05, 0) is 12.5 Å². The van der Waals surface area contributed by atoms with E-state index in [2.05, 4.69) is 15.5 Å². The Morgan fingerprint density at radius 2 is 2.22 bits per heavy atom. The molecule has 0 saturated carbocycles. The van der Waals surface area contributed by atoms with Crippen molar-refractivity contribution >= 4 is 5.91 Å². The van der Waals surface area contributed by atoms with Crippen molar-refractivity contribution in [2.45, 2.75) is 37.1 Å². The van der Waals surface area contributed by atoms with E-state index in [1.807, 2.05) is 24.3 Å². The van der Waals surface area contributed by atoms with Crippen molar-refractivity contribution in [2.75, 3.05) is 26.2 Å². The minimum absolute atomic E-state index is 0.0103. The first-order valence-electron chi connectivity index (χ1n) is 8.38. The second kappa shape index (κ2) is 6.11. The van der Waals surface area contributed by atoms with Crippen molar-refractivity contribution in [3.8, 4) is 5.75 Å². The lowest BCUT2D eigenvalue weighted by atomic mass is 10.00. The number of carbonyl (C=O) groups excluding carboxylic acids is 1. The average Bonchev–Trinajstić information content (AvgIpc) is 2.94. The summed E-state index contributed by atoms with van der Waals surface area (Å²) in [5.74, 6) is 0.898. The number of piperazine rings is 1. The lowest BCUT2D eigenvalue weighted by Crippen LogP contribution is -2.59. The summed E-state index contributed by atoms with van der Waals surface area (Å²) in [6.07, 6.45) is 1.33. The predicted octanol–water partition coefficient (Wildman–Crippen LogP) is 0.0334. The zero-order valence-electron chi connectivity index (χ0n) is 13.1. The molecule has 3 aliphatic rings. The Morgan fingerprint density at radius 1 is 1.35 bits per heavy atom. The van der Waals surface area contributed by atoms with Crippen LogP contribution in [0.3, 0.4) is 0 Å².